The van der Waals surface area contributed by atoms with Gasteiger partial charge in [-0.25, -0.2) is 4.79 Å². The maximum Gasteiger partial charge on any atom is 0.329 e. The van der Waals surface area contributed by atoms with E-state index in [1.807, 2.05) is 6.92 Å². The molecule has 0 saturated carbocycles. The number of carbonyl (C=O) groups is 1. The van der Waals surface area contributed by atoms with Crippen LogP contribution >= 0.6 is 0 Å². The van der Waals surface area contributed by atoms with E-state index in [1.54, 1.807) is 26.0 Å². The van der Waals surface area contributed by atoms with Gasteiger partial charge in [-0.3, -0.25) is 9.36 Å². The zero-order valence-electron chi connectivity index (χ0n) is 9.86. The molecule has 88 valence electrons. The fraction of sp³-hybridized carbons (Fsp3) is 0.500. The second-order valence-electron chi connectivity index (χ2n) is 4.17. The van der Waals surface area contributed by atoms with E-state index in [2.05, 4.69) is 0 Å². The van der Waals surface area contributed by atoms with Crippen LogP contribution in [0.25, 0.3) is 0 Å². The van der Waals surface area contributed by atoms with Crippen molar-refractivity contribution in [1.29, 1.82) is 0 Å². The topological polar surface area (TPSA) is 59.3 Å². The molecule has 0 aliphatic carbocycles. The van der Waals surface area contributed by atoms with Gasteiger partial charge in [0.05, 0.1) is 0 Å². The van der Waals surface area contributed by atoms with Crippen molar-refractivity contribution in [2.75, 3.05) is 0 Å². The average molecular weight is 223 g/mol. The number of aryl methyl sites for hydroxylation is 1. The zero-order valence-corrected chi connectivity index (χ0v) is 9.86. The summed E-state index contributed by atoms with van der Waals surface area (Å²) in [7, 11) is 0. The van der Waals surface area contributed by atoms with Crippen molar-refractivity contribution in [2.24, 2.45) is 0 Å². The molecule has 4 heteroatoms. The van der Waals surface area contributed by atoms with Gasteiger partial charge in [-0.1, -0.05) is 19.4 Å². The average Bonchev–Trinajstić information content (AvgIpc) is 2.17. The van der Waals surface area contributed by atoms with Crippen LogP contribution in [0.15, 0.2) is 23.0 Å². The molecule has 4 nitrogen and oxygen atoms in total. The Balaban J connectivity index is 3.43. The number of rotatable bonds is 4. The first-order chi connectivity index (χ1) is 7.43. The highest BCUT2D eigenvalue weighted by molar-refractivity contribution is 5.76. The highest BCUT2D eigenvalue weighted by atomic mass is 16.4. The number of aliphatic carboxylic acids is 1. The smallest absolute Gasteiger partial charge is 0.329 e. The predicted molar refractivity (Wildman–Crippen MR) is 61.6 cm³/mol. The number of pyridine rings is 1. The molecule has 16 heavy (non-hydrogen) atoms. The van der Waals surface area contributed by atoms with Gasteiger partial charge in [0.2, 0.25) is 0 Å². The lowest BCUT2D eigenvalue weighted by atomic mass is 9.95. The lowest BCUT2D eigenvalue weighted by Crippen LogP contribution is -2.45. The minimum absolute atomic E-state index is 0.265. The van der Waals surface area contributed by atoms with Gasteiger partial charge in [-0.05, 0) is 26.3 Å². The highest BCUT2D eigenvalue weighted by Gasteiger charge is 2.35. The second kappa shape index (κ2) is 4.51. The summed E-state index contributed by atoms with van der Waals surface area (Å²) >= 11 is 0. The molecule has 0 spiro atoms. The van der Waals surface area contributed by atoms with E-state index in [4.69, 9.17) is 0 Å². The predicted octanol–water partition coefficient (Wildman–Crippen LogP) is 1.76. The fourth-order valence-electron chi connectivity index (χ4n) is 2.03. The SMILES string of the molecule is CCCC(C)(C(=O)O)n1c(C)cccc1=O. The molecule has 0 bridgehead atoms. The Morgan fingerprint density at radius 1 is 1.50 bits per heavy atom. The van der Waals surface area contributed by atoms with Crippen LogP contribution < -0.4 is 5.56 Å². The third-order valence-electron chi connectivity index (χ3n) is 2.84. The Hall–Kier alpha value is -1.58. The molecule has 0 fully saturated rings. The Labute approximate surface area is 94.5 Å². The minimum atomic E-state index is -1.16. The van der Waals surface area contributed by atoms with Crippen LogP contribution in [0.1, 0.15) is 32.4 Å². The molecule has 0 amide bonds. The van der Waals surface area contributed by atoms with E-state index >= 15 is 0 Å². The first-order valence-electron chi connectivity index (χ1n) is 5.36. The Morgan fingerprint density at radius 3 is 2.56 bits per heavy atom. The molecular formula is C12H17NO3. The number of aromatic nitrogens is 1. The summed E-state index contributed by atoms with van der Waals surface area (Å²) in [4.78, 5) is 23.1. The molecule has 0 aliphatic rings. The zero-order chi connectivity index (χ0) is 12.3. The molecule has 1 heterocycles. The second-order valence-corrected chi connectivity index (χ2v) is 4.17. The third-order valence-corrected chi connectivity index (χ3v) is 2.84. The van der Waals surface area contributed by atoms with E-state index in [0.717, 1.165) is 0 Å². The monoisotopic (exact) mass is 223 g/mol. The summed E-state index contributed by atoms with van der Waals surface area (Å²) in [5.74, 6) is -0.967. The van der Waals surface area contributed by atoms with Gasteiger partial charge in [0.25, 0.3) is 5.56 Å². The Bertz CT molecular complexity index is 450. The van der Waals surface area contributed by atoms with Crippen LogP contribution in [0, 0.1) is 6.92 Å². The Kier molecular flexibility index (Phi) is 3.52. The lowest BCUT2D eigenvalue weighted by Gasteiger charge is -2.28. The largest absolute Gasteiger partial charge is 0.479 e. The molecule has 1 atom stereocenters. The van der Waals surface area contributed by atoms with Crippen LogP contribution in [0.2, 0.25) is 0 Å². The van der Waals surface area contributed by atoms with Gasteiger partial charge in [-0.2, -0.15) is 0 Å². The van der Waals surface area contributed by atoms with Gasteiger partial charge in [0.1, 0.15) is 5.54 Å². The third kappa shape index (κ3) is 2.01. The van der Waals surface area contributed by atoms with Crippen molar-refractivity contribution in [3.63, 3.8) is 0 Å². The van der Waals surface area contributed by atoms with Crippen LogP contribution in [0.4, 0.5) is 0 Å². The summed E-state index contributed by atoms with van der Waals surface area (Å²) < 4.78 is 1.36. The van der Waals surface area contributed by atoms with E-state index in [1.165, 1.54) is 10.6 Å². The van der Waals surface area contributed by atoms with Gasteiger partial charge in [-0.15, -0.1) is 0 Å². The molecule has 1 rings (SSSR count). The van der Waals surface area contributed by atoms with Crippen LogP contribution in [-0.2, 0) is 10.3 Å². The molecule has 1 N–H and O–H groups in total. The molecule has 1 aromatic rings. The molecular weight excluding hydrogens is 206 g/mol. The van der Waals surface area contributed by atoms with Crippen molar-refractivity contribution in [2.45, 2.75) is 39.2 Å². The molecule has 1 aromatic heterocycles. The lowest BCUT2D eigenvalue weighted by molar-refractivity contribution is -0.147. The van der Waals surface area contributed by atoms with Gasteiger partial charge in [0, 0.05) is 11.8 Å². The molecule has 0 aromatic carbocycles. The molecule has 0 radical (unpaired) electrons. The number of nitrogens with zero attached hydrogens (tertiary/aromatic N) is 1. The van der Waals surface area contributed by atoms with Crippen molar-refractivity contribution < 1.29 is 9.90 Å². The summed E-state index contributed by atoms with van der Waals surface area (Å²) in [5.41, 5.74) is -0.749. The number of carboxylic acids is 1. The summed E-state index contributed by atoms with van der Waals surface area (Å²) in [6.45, 7) is 5.25. The van der Waals surface area contributed by atoms with E-state index in [9.17, 15) is 14.7 Å². The highest BCUT2D eigenvalue weighted by Crippen LogP contribution is 2.22. The maximum absolute atomic E-state index is 11.8. The van der Waals surface area contributed by atoms with Crippen molar-refractivity contribution in [3.8, 4) is 0 Å². The number of carboxylic acid groups (broad SMARTS) is 1. The van der Waals surface area contributed by atoms with Gasteiger partial charge >= 0.3 is 5.97 Å². The number of hydrogen-bond donors (Lipinski definition) is 1. The molecule has 1 unspecified atom stereocenters. The van der Waals surface area contributed by atoms with Gasteiger partial charge in [0.15, 0.2) is 0 Å². The normalized spacial score (nSPS) is 14.4. The first kappa shape index (κ1) is 12.5. The molecule has 0 saturated heterocycles. The fourth-order valence-corrected chi connectivity index (χ4v) is 2.03. The van der Waals surface area contributed by atoms with Gasteiger partial charge < -0.3 is 5.11 Å². The van der Waals surface area contributed by atoms with E-state index in [0.29, 0.717) is 18.5 Å². The van der Waals surface area contributed by atoms with Crippen LogP contribution in [-0.4, -0.2) is 15.6 Å². The van der Waals surface area contributed by atoms with E-state index < -0.39 is 11.5 Å². The van der Waals surface area contributed by atoms with Crippen molar-refractivity contribution in [3.05, 3.63) is 34.2 Å². The minimum Gasteiger partial charge on any atom is -0.479 e. The van der Waals surface area contributed by atoms with E-state index in [-0.39, 0.29) is 5.56 Å². The van der Waals surface area contributed by atoms with Crippen molar-refractivity contribution >= 4 is 5.97 Å². The maximum atomic E-state index is 11.8. The van der Waals surface area contributed by atoms with Crippen LogP contribution in [0.5, 0.6) is 0 Å². The standard InChI is InChI=1S/C12H17NO3/c1-4-8-12(3,11(15)16)13-9(2)6-5-7-10(13)14/h5-7H,4,8H2,1-3H3,(H,15,16). The molecule has 0 aliphatic heterocycles. The van der Waals surface area contributed by atoms with Crippen LogP contribution in [0.3, 0.4) is 0 Å². The summed E-state index contributed by atoms with van der Waals surface area (Å²) in [5, 5.41) is 9.31. The quantitative estimate of drug-likeness (QED) is 0.846. The number of hydrogen-bond acceptors (Lipinski definition) is 2. The summed E-state index contributed by atoms with van der Waals surface area (Å²) in [6.07, 6.45) is 1.15. The Morgan fingerprint density at radius 2 is 2.12 bits per heavy atom. The first-order valence-corrected chi connectivity index (χ1v) is 5.36. The summed E-state index contributed by atoms with van der Waals surface area (Å²) in [6, 6.07) is 4.78. The van der Waals surface area contributed by atoms with Crippen molar-refractivity contribution in [1.82, 2.24) is 4.57 Å².